The van der Waals surface area contributed by atoms with Crippen molar-refractivity contribution in [1.82, 2.24) is 14.5 Å². The van der Waals surface area contributed by atoms with Crippen LogP contribution in [0.3, 0.4) is 0 Å². The number of carbonyl (C=O) groups is 1. The molecule has 4 aromatic rings. The van der Waals surface area contributed by atoms with Crippen molar-refractivity contribution in [2.75, 3.05) is 6.54 Å². The zero-order chi connectivity index (χ0) is 25.1. The molecule has 0 saturated heterocycles. The van der Waals surface area contributed by atoms with Crippen LogP contribution >= 0.6 is 23.2 Å². The van der Waals surface area contributed by atoms with E-state index in [-0.39, 0.29) is 11.5 Å². The molecule has 0 spiro atoms. The molecule has 0 radical (unpaired) electrons. The summed E-state index contributed by atoms with van der Waals surface area (Å²) in [4.78, 5) is 34.3. The van der Waals surface area contributed by atoms with Crippen LogP contribution in [0.25, 0.3) is 16.6 Å². The lowest BCUT2D eigenvalue weighted by Crippen LogP contribution is -2.39. The minimum atomic E-state index is -0.453. The van der Waals surface area contributed by atoms with Gasteiger partial charge in [-0.25, -0.2) is 4.98 Å². The zero-order valence-electron chi connectivity index (χ0n) is 20.0. The van der Waals surface area contributed by atoms with Crippen molar-refractivity contribution < 1.29 is 4.79 Å². The fourth-order valence-electron chi connectivity index (χ4n) is 4.45. The molecule has 3 aromatic carbocycles. The van der Waals surface area contributed by atoms with Crippen LogP contribution in [0.15, 0.2) is 71.5 Å². The summed E-state index contributed by atoms with van der Waals surface area (Å²) in [5.41, 5.74) is 2.37. The van der Waals surface area contributed by atoms with Crippen molar-refractivity contribution in [3.8, 4) is 5.69 Å². The molecule has 0 aliphatic carbocycles. The number of benzene rings is 3. The summed E-state index contributed by atoms with van der Waals surface area (Å²) in [5.74, 6) is 0.321. The second-order valence-corrected chi connectivity index (χ2v) is 9.30. The Morgan fingerprint density at radius 2 is 1.74 bits per heavy atom. The third-order valence-corrected chi connectivity index (χ3v) is 6.66. The van der Waals surface area contributed by atoms with Crippen molar-refractivity contribution in [2.24, 2.45) is 0 Å². The first-order chi connectivity index (χ1) is 16.9. The first-order valence-electron chi connectivity index (χ1n) is 11.7. The van der Waals surface area contributed by atoms with Crippen molar-refractivity contribution in [1.29, 1.82) is 0 Å². The summed E-state index contributed by atoms with van der Waals surface area (Å²) in [5, 5.41) is 1.49. The molecule has 0 aliphatic heterocycles. The van der Waals surface area contributed by atoms with E-state index in [1.807, 2.05) is 51.1 Å². The van der Waals surface area contributed by atoms with Crippen LogP contribution < -0.4 is 5.56 Å². The third-order valence-electron chi connectivity index (χ3n) is 6.09. The highest BCUT2D eigenvalue weighted by Gasteiger charge is 2.30. The van der Waals surface area contributed by atoms with E-state index in [0.717, 1.165) is 12.0 Å². The number of carbonyl (C=O) groups excluding carboxylic acids is 1. The Hall–Kier alpha value is -3.15. The van der Waals surface area contributed by atoms with Gasteiger partial charge in [0.15, 0.2) is 0 Å². The topological polar surface area (TPSA) is 55.2 Å². The van der Waals surface area contributed by atoms with Crippen LogP contribution in [0.1, 0.15) is 54.5 Å². The second-order valence-electron chi connectivity index (χ2n) is 8.46. The number of hydrogen-bond donors (Lipinski definition) is 0. The van der Waals surface area contributed by atoms with E-state index >= 15 is 0 Å². The molecular weight excluding hydrogens is 481 g/mol. The van der Waals surface area contributed by atoms with E-state index in [1.165, 1.54) is 0 Å². The van der Waals surface area contributed by atoms with E-state index in [1.54, 1.807) is 45.9 Å². The van der Waals surface area contributed by atoms with E-state index in [4.69, 9.17) is 28.2 Å². The molecule has 0 bridgehead atoms. The van der Waals surface area contributed by atoms with E-state index in [2.05, 4.69) is 0 Å². The van der Waals surface area contributed by atoms with Gasteiger partial charge in [0.05, 0.1) is 33.2 Å². The van der Waals surface area contributed by atoms with E-state index in [9.17, 15) is 9.59 Å². The second kappa shape index (κ2) is 10.6. The Morgan fingerprint density at radius 3 is 2.43 bits per heavy atom. The number of amides is 1. The predicted molar refractivity (Wildman–Crippen MR) is 143 cm³/mol. The zero-order valence-corrected chi connectivity index (χ0v) is 21.5. The monoisotopic (exact) mass is 507 g/mol. The summed E-state index contributed by atoms with van der Waals surface area (Å²) in [6, 6.07) is 19.3. The molecule has 0 fully saturated rings. The summed E-state index contributed by atoms with van der Waals surface area (Å²) < 4.78 is 1.63. The number of aromatic nitrogens is 2. The maximum absolute atomic E-state index is 13.8. The molecule has 7 heteroatoms. The fraction of sp³-hybridized carbons (Fsp3) is 0.250. The standard InChI is InChI=1S/C28H27Cl2N3O2/c1-4-16-32(27(34)20-10-6-8-12-22(20)30)24(5-2)26-31-23-13-9-7-11-21(23)28(35)33(26)25-15-14-19(29)17-18(25)3/h6-15,17,24H,4-5,16H2,1-3H3. The highest BCUT2D eigenvalue weighted by atomic mass is 35.5. The molecule has 1 heterocycles. The van der Waals surface area contributed by atoms with Gasteiger partial charge >= 0.3 is 0 Å². The highest BCUT2D eigenvalue weighted by Crippen LogP contribution is 2.30. The smallest absolute Gasteiger partial charge is 0.266 e. The SMILES string of the molecule is CCCN(C(=O)c1ccccc1Cl)C(CC)c1nc2ccccc2c(=O)n1-c1ccc(Cl)cc1C. The van der Waals surface area contributed by atoms with Gasteiger partial charge in [0.2, 0.25) is 0 Å². The predicted octanol–water partition coefficient (Wildman–Crippen LogP) is 7.00. The Kier molecular flexibility index (Phi) is 7.58. The summed E-state index contributed by atoms with van der Waals surface area (Å²) >= 11 is 12.6. The van der Waals surface area contributed by atoms with Gasteiger partial charge in [-0.05, 0) is 67.8 Å². The Labute approximate surface area is 214 Å². The van der Waals surface area contributed by atoms with Crippen LogP contribution in [0.4, 0.5) is 0 Å². The van der Waals surface area contributed by atoms with Crippen molar-refractivity contribution in [2.45, 2.75) is 39.7 Å². The number of rotatable bonds is 7. The molecular formula is C28H27Cl2N3O2. The average Bonchev–Trinajstić information content (AvgIpc) is 2.85. The molecule has 1 unspecified atom stereocenters. The maximum atomic E-state index is 13.8. The average molecular weight is 508 g/mol. The maximum Gasteiger partial charge on any atom is 0.266 e. The van der Waals surface area contributed by atoms with Gasteiger partial charge < -0.3 is 4.90 Å². The minimum Gasteiger partial charge on any atom is -0.328 e. The molecule has 35 heavy (non-hydrogen) atoms. The first-order valence-corrected chi connectivity index (χ1v) is 12.5. The summed E-state index contributed by atoms with van der Waals surface area (Å²) in [6.07, 6.45) is 1.30. The Balaban J connectivity index is 1.99. The number of aryl methyl sites for hydroxylation is 1. The van der Waals surface area contributed by atoms with Crippen molar-refractivity contribution in [3.05, 3.63) is 104 Å². The molecule has 1 atom stereocenters. The summed E-state index contributed by atoms with van der Waals surface area (Å²) in [6.45, 7) is 6.41. The van der Waals surface area contributed by atoms with Crippen LogP contribution in [0.5, 0.6) is 0 Å². The highest BCUT2D eigenvalue weighted by molar-refractivity contribution is 6.33. The Morgan fingerprint density at radius 1 is 1.03 bits per heavy atom. The van der Waals surface area contributed by atoms with Crippen LogP contribution in [0, 0.1) is 6.92 Å². The van der Waals surface area contributed by atoms with Gasteiger partial charge in [-0.3, -0.25) is 14.2 Å². The molecule has 4 rings (SSSR count). The van der Waals surface area contributed by atoms with Gasteiger partial charge in [-0.15, -0.1) is 0 Å². The number of fused-ring (bicyclic) bond motifs is 1. The van der Waals surface area contributed by atoms with E-state index in [0.29, 0.717) is 51.0 Å². The molecule has 0 N–H and O–H groups in total. The van der Waals surface area contributed by atoms with Gasteiger partial charge in [0.1, 0.15) is 5.82 Å². The van der Waals surface area contributed by atoms with Gasteiger partial charge in [0, 0.05) is 11.6 Å². The number of nitrogens with zero attached hydrogens (tertiary/aromatic N) is 3. The molecule has 1 aromatic heterocycles. The normalized spacial score (nSPS) is 12.0. The third kappa shape index (κ3) is 4.84. The fourth-order valence-corrected chi connectivity index (χ4v) is 4.89. The van der Waals surface area contributed by atoms with Crippen LogP contribution in [0.2, 0.25) is 10.0 Å². The minimum absolute atomic E-state index is 0.184. The number of hydrogen-bond acceptors (Lipinski definition) is 3. The van der Waals surface area contributed by atoms with Gasteiger partial charge in [-0.1, -0.05) is 61.3 Å². The molecule has 0 aliphatic rings. The van der Waals surface area contributed by atoms with Crippen LogP contribution in [-0.2, 0) is 0 Å². The number of halogens is 2. The quantitative estimate of drug-likeness (QED) is 0.270. The van der Waals surface area contributed by atoms with Gasteiger partial charge in [-0.2, -0.15) is 0 Å². The van der Waals surface area contributed by atoms with Crippen molar-refractivity contribution in [3.63, 3.8) is 0 Å². The molecule has 0 saturated carbocycles. The van der Waals surface area contributed by atoms with Crippen molar-refractivity contribution >= 4 is 40.0 Å². The molecule has 180 valence electrons. The van der Waals surface area contributed by atoms with Gasteiger partial charge in [0.25, 0.3) is 11.5 Å². The van der Waals surface area contributed by atoms with E-state index < -0.39 is 6.04 Å². The largest absolute Gasteiger partial charge is 0.328 e. The Bertz CT molecular complexity index is 1450. The number of para-hydroxylation sites is 1. The lowest BCUT2D eigenvalue weighted by molar-refractivity contribution is 0.0659. The first kappa shape index (κ1) is 25.0. The lowest BCUT2D eigenvalue weighted by Gasteiger charge is -2.32. The van der Waals surface area contributed by atoms with Crippen LogP contribution in [-0.4, -0.2) is 26.9 Å². The summed E-state index contributed by atoms with van der Waals surface area (Å²) in [7, 11) is 0. The molecule has 5 nitrogen and oxygen atoms in total. The molecule has 1 amide bonds. The lowest BCUT2D eigenvalue weighted by atomic mass is 10.1.